The van der Waals surface area contributed by atoms with E-state index in [1.165, 1.54) is 0 Å². The van der Waals surface area contributed by atoms with Crippen molar-refractivity contribution >= 4 is 24.4 Å². The fraction of sp³-hybridized carbons (Fsp3) is 0.789. The molecule has 0 spiro atoms. The molecule has 9 heteroatoms. The Balaban J connectivity index is 2.27. The second-order valence-electron chi connectivity index (χ2n) is 8.02. The zero-order chi connectivity index (χ0) is 20.7. The van der Waals surface area contributed by atoms with Crippen LogP contribution < -0.4 is 10.6 Å². The standard InChI is InChI=1S/C19H32N4O5/c1-3-20-18(26)21-19(27)23(10-6-7-14(23)2)17(25)16(12-22(28)13-24)11-15-8-4-5-9-15/h13-16,28H,3-12H2,1-2H3,(H-,20,21,26,27)/p+1/t14-,16-,23?/m1/s1. The maximum absolute atomic E-state index is 13.6. The Bertz CT molecular complexity index is 593. The predicted octanol–water partition coefficient (Wildman–Crippen LogP) is 2.00. The summed E-state index contributed by atoms with van der Waals surface area (Å²) in [6, 6.07) is -1.52. The lowest BCUT2D eigenvalue weighted by Crippen LogP contribution is -2.66. The van der Waals surface area contributed by atoms with Crippen LogP contribution in [0.15, 0.2) is 0 Å². The Morgan fingerprint density at radius 3 is 2.43 bits per heavy atom. The van der Waals surface area contributed by atoms with E-state index in [0.717, 1.165) is 25.7 Å². The Morgan fingerprint density at radius 1 is 1.21 bits per heavy atom. The van der Waals surface area contributed by atoms with Crippen LogP contribution in [0.5, 0.6) is 0 Å². The third kappa shape index (κ3) is 4.88. The third-order valence-electron chi connectivity index (χ3n) is 6.17. The summed E-state index contributed by atoms with van der Waals surface area (Å²) in [6.07, 6.45) is 6.44. The Labute approximate surface area is 166 Å². The fourth-order valence-corrected chi connectivity index (χ4v) is 4.70. The number of amides is 6. The number of hydrogen-bond acceptors (Lipinski definition) is 5. The SMILES string of the molecule is CCNC(=O)NC(=O)[N+]1(C(=O)[C@H](CC2CCCC2)CN(O)C=O)CCC[C@H]1C. The van der Waals surface area contributed by atoms with Gasteiger partial charge in [0.25, 0.3) is 0 Å². The second kappa shape index (κ2) is 9.97. The van der Waals surface area contributed by atoms with Gasteiger partial charge in [0.05, 0.1) is 19.0 Å². The number of likely N-dealkylation sites (tertiary alicyclic amines) is 1. The van der Waals surface area contributed by atoms with E-state index < -0.39 is 22.5 Å². The molecule has 3 N–H and O–H groups in total. The van der Waals surface area contributed by atoms with Gasteiger partial charge in [-0.2, -0.15) is 4.48 Å². The van der Waals surface area contributed by atoms with Crippen LogP contribution in [0.1, 0.15) is 58.8 Å². The molecule has 158 valence electrons. The van der Waals surface area contributed by atoms with E-state index in [-0.39, 0.29) is 24.9 Å². The minimum absolute atomic E-state index is 0.139. The van der Waals surface area contributed by atoms with Gasteiger partial charge in [0, 0.05) is 19.4 Å². The highest BCUT2D eigenvalue weighted by Crippen LogP contribution is 2.35. The lowest BCUT2D eigenvalue weighted by molar-refractivity contribution is -0.786. The van der Waals surface area contributed by atoms with Gasteiger partial charge in [-0.25, -0.2) is 24.8 Å². The molecule has 2 rings (SSSR count). The van der Waals surface area contributed by atoms with E-state index in [0.29, 0.717) is 43.3 Å². The number of quaternary nitrogens is 1. The first kappa shape index (κ1) is 22.3. The zero-order valence-corrected chi connectivity index (χ0v) is 16.9. The first-order valence-electron chi connectivity index (χ1n) is 10.3. The summed E-state index contributed by atoms with van der Waals surface area (Å²) in [4.78, 5) is 49.5. The summed E-state index contributed by atoms with van der Waals surface area (Å²) >= 11 is 0. The highest BCUT2D eigenvalue weighted by atomic mass is 16.5. The second-order valence-corrected chi connectivity index (χ2v) is 8.02. The number of rotatable bonds is 7. The van der Waals surface area contributed by atoms with Crippen molar-refractivity contribution in [2.75, 3.05) is 19.6 Å². The summed E-state index contributed by atoms with van der Waals surface area (Å²) in [5.41, 5.74) is 0. The fourth-order valence-electron chi connectivity index (χ4n) is 4.70. The maximum Gasteiger partial charge on any atom is 0.432 e. The van der Waals surface area contributed by atoms with Gasteiger partial charge in [0.15, 0.2) is 0 Å². The molecule has 28 heavy (non-hydrogen) atoms. The van der Waals surface area contributed by atoms with Crippen LogP contribution in [0.25, 0.3) is 0 Å². The molecule has 2 fully saturated rings. The number of carbonyl (C=O) groups excluding carboxylic acids is 4. The normalized spacial score (nSPS) is 25.9. The molecule has 0 aromatic heterocycles. The summed E-state index contributed by atoms with van der Waals surface area (Å²) < 4.78 is -0.457. The van der Waals surface area contributed by atoms with Crippen molar-refractivity contribution in [3.05, 3.63) is 0 Å². The average Bonchev–Trinajstić information content (AvgIpc) is 3.30. The Kier molecular flexibility index (Phi) is 7.94. The van der Waals surface area contributed by atoms with Crippen LogP contribution >= 0.6 is 0 Å². The van der Waals surface area contributed by atoms with E-state index in [9.17, 15) is 24.4 Å². The zero-order valence-electron chi connectivity index (χ0n) is 16.9. The molecule has 3 atom stereocenters. The summed E-state index contributed by atoms with van der Waals surface area (Å²) in [5.74, 6) is -0.628. The van der Waals surface area contributed by atoms with Crippen LogP contribution in [0.3, 0.4) is 0 Å². The highest BCUT2D eigenvalue weighted by Gasteiger charge is 2.55. The topological polar surface area (TPSA) is 116 Å². The van der Waals surface area contributed by atoms with Crippen molar-refractivity contribution in [1.29, 1.82) is 0 Å². The molecule has 1 aliphatic carbocycles. The number of nitrogens with one attached hydrogen (secondary N) is 2. The lowest BCUT2D eigenvalue weighted by atomic mass is 9.91. The van der Waals surface area contributed by atoms with Crippen LogP contribution in [0.2, 0.25) is 0 Å². The van der Waals surface area contributed by atoms with E-state index in [1.54, 1.807) is 6.92 Å². The van der Waals surface area contributed by atoms with Gasteiger partial charge in [-0.05, 0) is 26.2 Å². The molecule has 0 radical (unpaired) electrons. The monoisotopic (exact) mass is 397 g/mol. The first-order valence-corrected chi connectivity index (χ1v) is 10.3. The molecule has 1 aliphatic heterocycles. The molecule has 1 saturated heterocycles. The average molecular weight is 397 g/mol. The molecule has 6 amide bonds. The molecule has 1 saturated carbocycles. The smallest absolute Gasteiger partial charge is 0.338 e. The van der Waals surface area contributed by atoms with Gasteiger partial charge in [-0.1, -0.05) is 25.7 Å². The molecular weight excluding hydrogens is 364 g/mol. The highest BCUT2D eigenvalue weighted by molar-refractivity contribution is 5.95. The molecule has 9 nitrogen and oxygen atoms in total. The van der Waals surface area contributed by atoms with Crippen molar-refractivity contribution in [2.45, 2.75) is 64.8 Å². The van der Waals surface area contributed by atoms with Crippen LogP contribution in [0.4, 0.5) is 9.59 Å². The van der Waals surface area contributed by atoms with E-state index in [1.807, 2.05) is 6.92 Å². The maximum atomic E-state index is 13.6. The van der Waals surface area contributed by atoms with E-state index >= 15 is 0 Å². The molecule has 1 unspecified atom stereocenters. The molecule has 0 aromatic carbocycles. The van der Waals surface area contributed by atoms with Gasteiger partial charge in [0.1, 0.15) is 6.04 Å². The lowest BCUT2D eigenvalue weighted by Gasteiger charge is -2.36. The summed E-state index contributed by atoms with van der Waals surface area (Å²) in [7, 11) is 0. The molecule has 0 aromatic rings. The number of hydroxylamine groups is 2. The minimum atomic E-state index is -0.654. The van der Waals surface area contributed by atoms with Crippen molar-refractivity contribution in [3.63, 3.8) is 0 Å². The number of urea groups is 2. The summed E-state index contributed by atoms with van der Waals surface area (Å²) in [5, 5.41) is 15.0. The van der Waals surface area contributed by atoms with Crippen molar-refractivity contribution < 1.29 is 28.9 Å². The Morgan fingerprint density at radius 2 is 1.89 bits per heavy atom. The van der Waals surface area contributed by atoms with Crippen LogP contribution in [0, 0.1) is 11.8 Å². The van der Waals surface area contributed by atoms with Gasteiger partial charge in [-0.3, -0.25) is 10.0 Å². The predicted molar refractivity (Wildman–Crippen MR) is 101 cm³/mol. The number of nitrogens with zero attached hydrogens (tertiary/aromatic N) is 2. The van der Waals surface area contributed by atoms with E-state index in [2.05, 4.69) is 10.6 Å². The number of hydrogen-bond donors (Lipinski definition) is 3. The largest absolute Gasteiger partial charge is 0.432 e. The third-order valence-corrected chi connectivity index (χ3v) is 6.17. The van der Waals surface area contributed by atoms with Gasteiger partial charge >= 0.3 is 18.0 Å². The molecule has 0 bridgehead atoms. The Hall–Kier alpha value is -2.00. The van der Waals surface area contributed by atoms with Gasteiger partial charge in [0.2, 0.25) is 6.41 Å². The van der Waals surface area contributed by atoms with E-state index in [4.69, 9.17) is 0 Å². The van der Waals surface area contributed by atoms with Crippen molar-refractivity contribution in [2.24, 2.45) is 11.8 Å². The number of imide groups is 2. The van der Waals surface area contributed by atoms with Crippen LogP contribution in [-0.2, 0) is 9.59 Å². The van der Waals surface area contributed by atoms with Gasteiger partial charge in [-0.15, -0.1) is 0 Å². The van der Waals surface area contributed by atoms with Gasteiger partial charge < -0.3 is 5.32 Å². The summed E-state index contributed by atoms with van der Waals surface area (Å²) in [6.45, 7) is 4.13. The van der Waals surface area contributed by atoms with Crippen molar-refractivity contribution in [1.82, 2.24) is 15.7 Å². The molecule has 2 aliphatic rings. The molecular formula is C19H33N4O5+. The minimum Gasteiger partial charge on any atom is -0.338 e. The van der Waals surface area contributed by atoms with Crippen molar-refractivity contribution in [3.8, 4) is 0 Å². The number of carbonyl (C=O) groups is 4. The van der Waals surface area contributed by atoms with Crippen LogP contribution in [-0.4, -0.2) is 64.8 Å². The first-order chi connectivity index (χ1) is 13.3. The quantitative estimate of drug-likeness (QED) is 0.263. The molecule has 1 heterocycles.